The average molecular weight is 251 g/mol. The molecule has 5 heteroatoms. The molecule has 0 aromatic heterocycles. The molecule has 0 radical (unpaired) electrons. The highest BCUT2D eigenvalue weighted by molar-refractivity contribution is 8.13. The Morgan fingerprint density at radius 2 is 1.93 bits per heavy atom. The molecule has 0 heterocycles. The van der Waals surface area contributed by atoms with Crippen molar-refractivity contribution in [2.75, 3.05) is 5.75 Å². The molecule has 0 unspecified atom stereocenters. The molecular weight excluding hydrogens is 239 g/mol. The summed E-state index contributed by atoms with van der Waals surface area (Å²) < 4.78 is 34.9. The van der Waals surface area contributed by atoms with Gasteiger partial charge in [-0.2, -0.15) is 0 Å². The van der Waals surface area contributed by atoms with Crippen molar-refractivity contribution in [3.05, 3.63) is 34.6 Å². The van der Waals surface area contributed by atoms with Gasteiger partial charge in [-0.15, -0.1) is 0 Å². The van der Waals surface area contributed by atoms with E-state index in [1.807, 2.05) is 6.92 Å². The van der Waals surface area contributed by atoms with Gasteiger partial charge < -0.3 is 0 Å². The lowest BCUT2D eigenvalue weighted by Gasteiger charge is -2.08. The summed E-state index contributed by atoms with van der Waals surface area (Å²) in [7, 11) is 1.51. The zero-order chi connectivity index (χ0) is 11.6. The van der Waals surface area contributed by atoms with E-state index in [-0.39, 0.29) is 18.0 Å². The van der Waals surface area contributed by atoms with E-state index in [1.54, 1.807) is 13.0 Å². The first kappa shape index (κ1) is 12.5. The van der Waals surface area contributed by atoms with E-state index in [2.05, 4.69) is 0 Å². The topological polar surface area (TPSA) is 34.1 Å². The van der Waals surface area contributed by atoms with Gasteiger partial charge in [0.15, 0.2) is 0 Å². The van der Waals surface area contributed by atoms with Crippen molar-refractivity contribution in [3.8, 4) is 0 Å². The SMILES string of the molecule is Cc1ccc(F)c(CCS(=O)(=O)Cl)c1C. The van der Waals surface area contributed by atoms with Gasteiger partial charge in [0, 0.05) is 10.7 Å². The molecule has 0 aliphatic carbocycles. The summed E-state index contributed by atoms with van der Waals surface area (Å²) >= 11 is 0. The van der Waals surface area contributed by atoms with Gasteiger partial charge >= 0.3 is 0 Å². The van der Waals surface area contributed by atoms with Crippen LogP contribution in [0.3, 0.4) is 0 Å². The van der Waals surface area contributed by atoms with E-state index in [0.717, 1.165) is 11.1 Å². The number of aryl methyl sites for hydroxylation is 1. The van der Waals surface area contributed by atoms with E-state index in [0.29, 0.717) is 5.56 Å². The Labute approximate surface area is 93.5 Å². The number of rotatable bonds is 3. The van der Waals surface area contributed by atoms with Crippen molar-refractivity contribution in [2.45, 2.75) is 20.3 Å². The van der Waals surface area contributed by atoms with Crippen LogP contribution in [-0.4, -0.2) is 14.2 Å². The standard InChI is InChI=1S/C10H12ClFO2S/c1-7-3-4-10(12)9(8(7)2)5-6-15(11,13)14/h3-4H,5-6H2,1-2H3. The van der Waals surface area contributed by atoms with Crippen LogP contribution < -0.4 is 0 Å². The molecule has 0 aliphatic heterocycles. The van der Waals surface area contributed by atoms with Gasteiger partial charge in [0.25, 0.3) is 0 Å². The third-order valence-corrected chi connectivity index (χ3v) is 3.56. The second kappa shape index (κ2) is 4.49. The molecule has 0 N–H and O–H groups in total. The van der Waals surface area contributed by atoms with E-state index in [4.69, 9.17) is 10.7 Å². The summed E-state index contributed by atoms with van der Waals surface area (Å²) in [6, 6.07) is 3.02. The molecule has 0 fully saturated rings. The van der Waals surface area contributed by atoms with Crippen LogP contribution in [0.2, 0.25) is 0 Å². The Morgan fingerprint density at radius 1 is 1.33 bits per heavy atom. The molecule has 1 aromatic carbocycles. The molecule has 2 nitrogen and oxygen atoms in total. The van der Waals surface area contributed by atoms with E-state index < -0.39 is 9.05 Å². The van der Waals surface area contributed by atoms with Crippen LogP contribution in [0.5, 0.6) is 0 Å². The maximum Gasteiger partial charge on any atom is 0.232 e. The summed E-state index contributed by atoms with van der Waals surface area (Å²) in [5.41, 5.74) is 2.16. The molecule has 0 amide bonds. The molecule has 84 valence electrons. The smallest absolute Gasteiger partial charge is 0.212 e. The Balaban J connectivity index is 2.99. The van der Waals surface area contributed by atoms with Crippen molar-refractivity contribution >= 4 is 19.7 Å². The van der Waals surface area contributed by atoms with Gasteiger partial charge in [-0.05, 0) is 43.0 Å². The highest BCUT2D eigenvalue weighted by atomic mass is 35.7. The molecule has 0 saturated heterocycles. The zero-order valence-electron chi connectivity index (χ0n) is 8.55. The second-order valence-electron chi connectivity index (χ2n) is 3.46. The minimum atomic E-state index is -3.56. The number of halogens is 2. The van der Waals surface area contributed by atoms with Crippen molar-refractivity contribution in [1.29, 1.82) is 0 Å². The Morgan fingerprint density at radius 3 is 2.47 bits per heavy atom. The monoisotopic (exact) mass is 250 g/mol. The molecule has 0 atom stereocenters. The molecular formula is C10H12ClFO2S. The van der Waals surface area contributed by atoms with Crippen LogP contribution in [0.15, 0.2) is 12.1 Å². The predicted octanol–water partition coefficient (Wildman–Crippen LogP) is 2.55. The van der Waals surface area contributed by atoms with Crippen LogP contribution in [0.4, 0.5) is 4.39 Å². The summed E-state index contributed by atoms with van der Waals surface area (Å²) in [6.07, 6.45) is 0.116. The normalized spacial score (nSPS) is 11.7. The van der Waals surface area contributed by atoms with Crippen LogP contribution >= 0.6 is 10.7 Å². The molecule has 1 aromatic rings. The van der Waals surface area contributed by atoms with E-state index >= 15 is 0 Å². The Kier molecular flexibility index (Phi) is 3.73. The fraction of sp³-hybridized carbons (Fsp3) is 0.400. The second-order valence-corrected chi connectivity index (χ2v) is 6.36. The van der Waals surface area contributed by atoms with Crippen molar-refractivity contribution in [2.24, 2.45) is 0 Å². The predicted molar refractivity (Wildman–Crippen MR) is 59.2 cm³/mol. The highest BCUT2D eigenvalue weighted by Gasteiger charge is 2.12. The van der Waals surface area contributed by atoms with Gasteiger partial charge in [-0.1, -0.05) is 6.07 Å². The van der Waals surface area contributed by atoms with Gasteiger partial charge in [0.05, 0.1) is 5.75 Å². The maximum atomic E-state index is 13.4. The molecule has 0 spiro atoms. The quantitative estimate of drug-likeness (QED) is 0.773. The Hall–Kier alpha value is -0.610. The summed E-state index contributed by atoms with van der Waals surface area (Å²) in [5, 5.41) is 0. The van der Waals surface area contributed by atoms with Crippen molar-refractivity contribution in [1.82, 2.24) is 0 Å². The lowest BCUT2D eigenvalue weighted by molar-refractivity contribution is 0.600. The number of hydrogen-bond donors (Lipinski definition) is 0. The minimum Gasteiger partial charge on any atom is -0.212 e. The van der Waals surface area contributed by atoms with Crippen LogP contribution in [-0.2, 0) is 15.5 Å². The highest BCUT2D eigenvalue weighted by Crippen LogP contribution is 2.18. The average Bonchev–Trinajstić information content (AvgIpc) is 2.10. The largest absolute Gasteiger partial charge is 0.232 e. The van der Waals surface area contributed by atoms with Crippen LogP contribution in [0, 0.1) is 19.7 Å². The maximum absolute atomic E-state index is 13.4. The van der Waals surface area contributed by atoms with Gasteiger partial charge in [0.1, 0.15) is 5.82 Å². The third kappa shape index (κ3) is 3.47. The van der Waals surface area contributed by atoms with Crippen molar-refractivity contribution in [3.63, 3.8) is 0 Å². The first-order chi connectivity index (χ1) is 6.81. The van der Waals surface area contributed by atoms with Gasteiger partial charge in [0.2, 0.25) is 9.05 Å². The Bertz CT molecular complexity index is 469. The summed E-state index contributed by atoms with van der Waals surface area (Å²) in [5.74, 6) is -0.617. The number of benzene rings is 1. The van der Waals surface area contributed by atoms with Gasteiger partial charge in [-0.25, -0.2) is 12.8 Å². The van der Waals surface area contributed by atoms with E-state index in [1.165, 1.54) is 6.07 Å². The van der Waals surface area contributed by atoms with Crippen molar-refractivity contribution < 1.29 is 12.8 Å². The minimum absolute atomic E-state index is 0.116. The lowest BCUT2D eigenvalue weighted by atomic mass is 10.0. The molecule has 15 heavy (non-hydrogen) atoms. The first-order valence-electron chi connectivity index (χ1n) is 4.48. The van der Waals surface area contributed by atoms with Crippen LogP contribution in [0.1, 0.15) is 16.7 Å². The third-order valence-electron chi connectivity index (χ3n) is 2.41. The zero-order valence-corrected chi connectivity index (χ0v) is 10.1. The van der Waals surface area contributed by atoms with E-state index in [9.17, 15) is 12.8 Å². The molecule has 0 saturated carbocycles. The van der Waals surface area contributed by atoms with Crippen LogP contribution in [0.25, 0.3) is 0 Å². The number of hydrogen-bond acceptors (Lipinski definition) is 2. The molecule has 0 aliphatic rings. The molecule has 0 bridgehead atoms. The summed E-state index contributed by atoms with van der Waals surface area (Å²) in [4.78, 5) is 0. The molecule has 1 rings (SSSR count). The fourth-order valence-electron chi connectivity index (χ4n) is 1.37. The first-order valence-corrected chi connectivity index (χ1v) is 6.96. The fourth-order valence-corrected chi connectivity index (χ4v) is 2.05. The van der Waals surface area contributed by atoms with Gasteiger partial charge in [-0.3, -0.25) is 0 Å². The summed E-state index contributed by atoms with van der Waals surface area (Å²) in [6.45, 7) is 3.63. The lowest BCUT2D eigenvalue weighted by Crippen LogP contribution is -2.05.